The number of hydrogen-bond acceptors (Lipinski definition) is 2. The fraction of sp³-hybridized carbons (Fsp3) is 0.333. The molecule has 0 unspecified atom stereocenters. The van der Waals surface area contributed by atoms with Crippen molar-refractivity contribution in [3.8, 4) is 0 Å². The van der Waals surface area contributed by atoms with E-state index in [1.54, 1.807) is 0 Å². The summed E-state index contributed by atoms with van der Waals surface area (Å²) in [5.74, 6) is 0.575. The topological polar surface area (TPSA) is 50.2 Å². The van der Waals surface area contributed by atoms with Gasteiger partial charge in [-0.15, -0.1) is 0 Å². The van der Waals surface area contributed by atoms with E-state index in [-0.39, 0.29) is 5.56 Å². The van der Waals surface area contributed by atoms with Crippen molar-refractivity contribution >= 4 is 21.6 Å². The standard InChI is InChI=1S/C9H8BrN3O/c10-7-8(5-1-2-5)12-13-6(14)3-4-11-9(7)13/h3-5,12H,1-2H2. The molecule has 1 fully saturated rings. The van der Waals surface area contributed by atoms with E-state index in [9.17, 15) is 4.79 Å². The van der Waals surface area contributed by atoms with Gasteiger partial charge in [-0.1, -0.05) is 0 Å². The SMILES string of the molecule is O=c1ccnc2c(Br)c(C3CC3)[nH]n12. The molecular weight excluding hydrogens is 246 g/mol. The molecule has 1 aliphatic rings. The van der Waals surface area contributed by atoms with E-state index in [2.05, 4.69) is 26.0 Å². The van der Waals surface area contributed by atoms with Crippen molar-refractivity contribution in [3.63, 3.8) is 0 Å². The van der Waals surface area contributed by atoms with Crippen molar-refractivity contribution in [3.05, 3.63) is 32.8 Å². The number of aromatic amines is 1. The third-order valence-electron chi connectivity index (χ3n) is 2.50. The second-order valence-corrected chi connectivity index (χ2v) is 4.35. The van der Waals surface area contributed by atoms with Gasteiger partial charge >= 0.3 is 0 Å². The minimum atomic E-state index is -0.0670. The monoisotopic (exact) mass is 253 g/mol. The van der Waals surface area contributed by atoms with Crippen LogP contribution in [0.5, 0.6) is 0 Å². The third kappa shape index (κ3) is 1.05. The first-order valence-corrected chi connectivity index (χ1v) is 5.32. The number of H-pyrrole nitrogens is 1. The lowest BCUT2D eigenvalue weighted by molar-refractivity contribution is 0.853. The van der Waals surface area contributed by atoms with E-state index in [1.807, 2.05) is 0 Å². The van der Waals surface area contributed by atoms with Gasteiger partial charge in [-0.25, -0.2) is 9.50 Å². The van der Waals surface area contributed by atoms with Crippen LogP contribution in [0.1, 0.15) is 24.5 Å². The van der Waals surface area contributed by atoms with E-state index in [1.165, 1.54) is 29.6 Å². The van der Waals surface area contributed by atoms with Crippen LogP contribution in [0.15, 0.2) is 21.5 Å². The smallest absolute Gasteiger partial charge is 0.272 e. The van der Waals surface area contributed by atoms with Crippen LogP contribution in [0.3, 0.4) is 0 Å². The number of fused-ring (bicyclic) bond motifs is 1. The Morgan fingerprint density at radius 3 is 3.00 bits per heavy atom. The van der Waals surface area contributed by atoms with Crippen molar-refractivity contribution in [1.29, 1.82) is 0 Å². The molecule has 1 saturated carbocycles. The van der Waals surface area contributed by atoms with Gasteiger partial charge in [0, 0.05) is 18.2 Å². The maximum absolute atomic E-state index is 11.5. The first kappa shape index (κ1) is 8.23. The van der Waals surface area contributed by atoms with Crippen LogP contribution in [0, 0.1) is 0 Å². The summed E-state index contributed by atoms with van der Waals surface area (Å²) < 4.78 is 2.41. The van der Waals surface area contributed by atoms with Gasteiger partial charge in [0.1, 0.15) is 0 Å². The summed E-state index contributed by atoms with van der Waals surface area (Å²) >= 11 is 3.47. The molecule has 2 aromatic heterocycles. The molecule has 0 aromatic carbocycles. The molecule has 0 spiro atoms. The molecule has 1 aliphatic carbocycles. The van der Waals surface area contributed by atoms with Crippen LogP contribution < -0.4 is 5.56 Å². The van der Waals surface area contributed by atoms with Crippen LogP contribution in [-0.2, 0) is 0 Å². The van der Waals surface area contributed by atoms with E-state index in [0.29, 0.717) is 11.6 Å². The van der Waals surface area contributed by atoms with Crippen molar-refractivity contribution in [2.24, 2.45) is 0 Å². The Morgan fingerprint density at radius 1 is 1.57 bits per heavy atom. The van der Waals surface area contributed by atoms with E-state index in [4.69, 9.17) is 0 Å². The first-order valence-electron chi connectivity index (χ1n) is 4.52. The average Bonchev–Trinajstić information content (AvgIpc) is 2.94. The first-order chi connectivity index (χ1) is 6.77. The van der Waals surface area contributed by atoms with Crippen LogP contribution in [-0.4, -0.2) is 14.6 Å². The van der Waals surface area contributed by atoms with Crippen molar-refractivity contribution < 1.29 is 0 Å². The van der Waals surface area contributed by atoms with E-state index < -0.39 is 0 Å². The number of halogens is 1. The molecule has 0 bridgehead atoms. The lowest BCUT2D eigenvalue weighted by Gasteiger charge is -1.89. The average molecular weight is 254 g/mol. The van der Waals surface area contributed by atoms with Gasteiger partial charge in [-0.3, -0.25) is 9.89 Å². The van der Waals surface area contributed by atoms with E-state index in [0.717, 1.165) is 10.2 Å². The minimum Gasteiger partial charge on any atom is -0.292 e. The zero-order valence-corrected chi connectivity index (χ0v) is 8.91. The lowest BCUT2D eigenvalue weighted by Crippen LogP contribution is -2.12. The minimum absolute atomic E-state index is 0.0670. The summed E-state index contributed by atoms with van der Waals surface area (Å²) in [5, 5.41) is 3.09. The molecule has 3 rings (SSSR count). The van der Waals surface area contributed by atoms with Crippen LogP contribution in [0.4, 0.5) is 0 Å². The molecule has 0 radical (unpaired) electrons. The van der Waals surface area contributed by atoms with Gasteiger partial charge in [0.2, 0.25) is 0 Å². The summed E-state index contributed by atoms with van der Waals surface area (Å²) in [6, 6.07) is 1.45. The highest BCUT2D eigenvalue weighted by atomic mass is 79.9. The van der Waals surface area contributed by atoms with Gasteiger partial charge in [0.05, 0.1) is 10.2 Å². The van der Waals surface area contributed by atoms with Crippen molar-refractivity contribution in [1.82, 2.24) is 14.6 Å². The summed E-state index contributed by atoms with van der Waals surface area (Å²) in [6.07, 6.45) is 3.92. The molecule has 0 aliphatic heterocycles. The number of nitrogens with zero attached hydrogens (tertiary/aromatic N) is 2. The van der Waals surface area contributed by atoms with Crippen LogP contribution in [0.2, 0.25) is 0 Å². The summed E-state index contributed by atoms with van der Waals surface area (Å²) in [7, 11) is 0. The molecule has 5 heteroatoms. The van der Waals surface area contributed by atoms with Crippen molar-refractivity contribution in [2.75, 3.05) is 0 Å². The van der Waals surface area contributed by atoms with Gasteiger partial charge in [-0.2, -0.15) is 0 Å². The number of hydrogen-bond donors (Lipinski definition) is 1. The maximum atomic E-state index is 11.5. The second-order valence-electron chi connectivity index (χ2n) is 3.56. The Bertz CT molecular complexity index is 553. The Hall–Kier alpha value is -1.10. The molecule has 0 atom stereocenters. The normalized spacial score (nSPS) is 16.4. The second kappa shape index (κ2) is 2.70. The fourth-order valence-corrected chi connectivity index (χ4v) is 2.30. The molecule has 1 N–H and O–H groups in total. The van der Waals surface area contributed by atoms with Gasteiger partial charge in [0.15, 0.2) is 5.65 Å². The summed E-state index contributed by atoms with van der Waals surface area (Å²) in [6.45, 7) is 0. The predicted octanol–water partition coefficient (Wildman–Crippen LogP) is 1.66. The quantitative estimate of drug-likeness (QED) is 0.841. The molecule has 2 aromatic rings. The highest BCUT2D eigenvalue weighted by Gasteiger charge is 2.29. The highest BCUT2D eigenvalue weighted by Crippen LogP contribution is 2.43. The summed E-state index contributed by atoms with van der Waals surface area (Å²) in [4.78, 5) is 15.6. The Labute approximate surface area is 88.1 Å². The third-order valence-corrected chi connectivity index (χ3v) is 3.28. The molecule has 2 heterocycles. The van der Waals surface area contributed by atoms with E-state index >= 15 is 0 Å². The highest BCUT2D eigenvalue weighted by molar-refractivity contribution is 9.10. The van der Waals surface area contributed by atoms with Gasteiger partial charge < -0.3 is 0 Å². The fourth-order valence-electron chi connectivity index (χ4n) is 1.60. The van der Waals surface area contributed by atoms with Gasteiger partial charge in [-0.05, 0) is 28.8 Å². The summed E-state index contributed by atoms with van der Waals surface area (Å²) in [5.41, 5.74) is 1.71. The van der Waals surface area contributed by atoms with Crippen LogP contribution in [0.25, 0.3) is 5.65 Å². The lowest BCUT2D eigenvalue weighted by atomic mass is 10.3. The number of nitrogens with one attached hydrogen (secondary N) is 1. The molecule has 0 amide bonds. The molecular formula is C9H8BrN3O. The van der Waals surface area contributed by atoms with Crippen molar-refractivity contribution in [2.45, 2.75) is 18.8 Å². The van der Waals surface area contributed by atoms with Gasteiger partial charge in [0.25, 0.3) is 5.56 Å². The molecule has 0 saturated heterocycles. The molecule has 4 nitrogen and oxygen atoms in total. The largest absolute Gasteiger partial charge is 0.292 e. The molecule has 72 valence electrons. The number of aromatic nitrogens is 3. The Morgan fingerprint density at radius 2 is 2.36 bits per heavy atom. The Kier molecular flexibility index (Phi) is 1.58. The zero-order valence-electron chi connectivity index (χ0n) is 7.33. The Balaban J connectivity index is 2.39. The zero-order chi connectivity index (χ0) is 9.71. The molecule has 14 heavy (non-hydrogen) atoms. The maximum Gasteiger partial charge on any atom is 0.272 e. The van der Waals surface area contributed by atoms with Crippen LogP contribution >= 0.6 is 15.9 Å². The number of rotatable bonds is 1. The predicted molar refractivity (Wildman–Crippen MR) is 55.5 cm³/mol.